The first-order valence-corrected chi connectivity index (χ1v) is 12.1. The van der Waals surface area contributed by atoms with Crippen molar-refractivity contribution in [3.63, 3.8) is 0 Å². The van der Waals surface area contributed by atoms with Crippen LogP contribution in [-0.2, 0) is 16.0 Å². The third-order valence-corrected chi connectivity index (χ3v) is 6.60. The molecule has 196 valence electrons. The van der Waals surface area contributed by atoms with E-state index in [1.165, 1.54) is 64.5 Å². The summed E-state index contributed by atoms with van der Waals surface area (Å²) in [6.45, 7) is 0.244. The average Bonchev–Trinajstić information content (AvgIpc) is 3.48. The van der Waals surface area contributed by atoms with E-state index in [0.717, 1.165) is 5.56 Å². The van der Waals surface area contributed by atoms with Gasteiger partial charge in [-0.1, -0.05) is 35.9 Å². The van der Waals surface area contributed by atoms with Crippen molar-refractivity contribution in [3.8, 4) is 5.69 Å². The zero-order valence-corrected chi connectivity index (χ0v) is 20.9. The van der Waals surface area contributed by atoms with Crippen LogP contribution in [-0.4, -0.2) is 54.5 Å². The summed E-state index contributed by atoms with van der Waals surface area (Å²) in [6, 6.07) is 14.9. The maximum atomic E-state index is 15.0. The Labute approximate surface area is 226 Å². The maximum Gasteiger partial charge on any atom is 0.335 e. The van der Waals surface area contributed by atoms with Gasteiger partial charge < -0.3 is 15.3 Å². The van der Waals surface area contributed by atoms with Gasteiger partial charge in [-0.3, -0.25) is 9.59 Å². The first kappa shape index (κ1) is 25.7. The van der Waals surface area contributed by atoms with Crippen molar-refractivity contribution in [3.05, 3.63) is 106 Å². The van der Waals surface area contributed by atoms with Gasteiger partial charge in [0, 0.05) is 23.9 Å². The SMILES string of the molecule is O=C(O)c1ccc(NC(=O)C2c3ccccc3CCN2C(=O)C=Cc2c(-n3cnnn3)ccc(Cl)c2F)cc1. The minimum Gasteiger partial charge on any atom is -0.478 e. The number of halogens is 2. The molecule has 1 atom stereocenters. The number of anilines is 1. The second-order valence-electron chi connectivity index (χ2n) is 8.64. The number of carbonyl (C=O) groups excluding carboxylic acids is 2. The number of hydrogen-bond donors (Lipinski definition) is 2. The largest absolute Gasteiger partial charge is 0.478 e. The topological polar surface area (TPSA) is 130 Å². The monoisotopic (exact) mass is 546 g/mol. The first-order valence-electron chi connectivity index (χ1n) is 11.8. The Kier molecular flexibility index (Phi) is 7.15. The molecule has 4 aromatic rings. The maximum absolute atomic E-state index is 15.0. The zero-order chi connectivity index (χ0) is 27.5. The van der Waals surface area contributed by atoms with Crippen LogP contribution in [0.1, 0.15) is 33.1 Å². The van der Waals surface area contributed by atoms with Crippen molar-refractivity contribution < 1.29 is 23.9 Å². The summed E-state index contributed by atoms with van der Waals surface area (Å²) < 4.78 is 16.2. The molecule has 12 heteroatoms. The highest BCUT2D eigenvalue weighted by Gasteiger charge is 2.35. The molecule has 0 saturated carbocycles. The van der Waals surface area contributed by atoms with Crippen molar-refractivity contribution in [1.29, 1.82) is 0 Å². The van der Waals surface area contributed by atoms with Crippen molar-refractivity contribution in [2.45, 2.75) is 12.5 Å². The van der Waals surface area contributed by atoms with Crippen LogP contribution in [0.3, 0.4) is 0 Å². The van der Waals surface area contributed by atoms with Crippen molar-refractivity contribution in [1.82, 2.24) is 25.1 Å². The number of carboxylic acids is 1. The Hall–Kier alpha value is -4.90. The average molecular weight is 547 g/mol. The van der Waals surface area contributed by atoms with Crippen LogP contribution < -0.4 is 5.32 Å². The Morgan fingerprint density at radius 2 is 1.85 bits per heavy atom. The molecule has 0 aliphatic carbocycles. The van der Waals surface area contributed by atoms with Crippen LogP contribution in [0.2, 0.25) is 5.02 Å². The van der Waals surface area contributed by atoms with Crippen molar-refractivity contribution >= 4 is 41.1 Å². The molecule has 1 aromatic heterocycles. The number of aromatic carboxylic acids is 1. The van der Waals surface area contributed by atoms with Gasteiger partial charge >= 0.3 is 5.97 Å². The highest BCUT2D eigenvalue weighted by atomic mass is 35.5. The van der Waals surface area contributed by atoms with Gasteiger partial charge in [-0.05, 0) is 70.4 Å². The lowest BCUT2D eigenvalue weighted by atomic mass is 9.91. The van der Waals surface area contributed by atoms with E-state index in [1.807, 2.05) is 12.1 Å². The second kappa shape index (κ2) is 10.8. The molecule has 2 heterocycles. The molecular weight excluding hydrogens is 527 g/mol. The molecule has 0 bridgehead atoms. The Bertz CT molecular complexity index is 1590. The third kappa shape index (κ3) is 5.25. The molecule has 2 N–H and O–H groups in total. The lowest BCUT2D eigenvalue weighted by molar-refractivity contribution is -0.135. The lowest BCUT2D eigenvalue weighted by Crippen LogP contribution is -2.44. The van der Waals surface area contributed by atoms with Gasteiger partial charge in [0.05, 0.1) is 16.3 Å². The lowest BCUT2D eigenvalue weighted by Gasteiger charge is -2.35. The van der Waals surface area contributed by atoms with Crippen molar-refractivity contribution in [2.75, 3.05) is 11.9 Å². The minimum atomic E-state index is -1.09. The quantitative estimate of drug-likeness (QED) is 0.350. The molecule has 1 aliphatic heterocycles. The molecule has 1 unspecified atom stereocenters. The van der Waals surface area contributed by atoms with E-state index in [4.69, 9.17) is 16.7 Å². The number of carbonyl (C=O) groups is 3. The number of hydrogen-bond acceptors (Lipinski definition) is 6. The van der Waals surface area contributed by atoms with Gasteiger partial charge in [-0.15, -0.1) is 5.10 Å². The Morgan fingerprint density at radius 3 is 2.56 bits per heavy atom. The minimum absolute atomic E-state index is 0.0000753. The number of tetrazole rings is 1. The first-order chi connectivity index (χ1) is 18.8. The number of nitrogens with one attached hydrogen (secondary N) is 1. The summed E-state index contributed by atoms with van der Waals surface area (Å²) >= 11 is 5.99. The summed E-state index contributed by atoms with van der Waals surface area (Å²) in [4.78, 5) is 39.5. The Balaban J connectivity index is 1.45. The van der Waals surface area contributed by atoms with Crippen LogP contribution >= 0.6 is 11.6 Å². The van der Waals surface area contributed by atoms with Gasteiger partial charge in [0.15, 0.2) is 5.82 Å². The molecule has 2 amide bonds. The summed E-state index contributed by atoms with van der Waals surface area (Å²) in [5.41, 5.74) is 2.31. The molecule has 10 nitrogen and oxygen atoms in total. The van der Waals surface area contributed by atoms with Gasteiger partial charge in [0.25, 0.3) is 5.91 Å². The standard InChI is InChI=1S/C27H20ClFN6O4/c28-21-10-11-22(35-15-30-32-33-35)20(24(21)29)9-12-23(36)34-14-13-16-3-1-2-4-19(16)25(34)26(37)31-18-7-5-17(6-8-18)27(38)39/h1-12,15,25H,13-14H2,(H,31,37)(H,38,39). The fraction of sp³-hybridized carbons (Fsp3) is 0.111. The summed E-state index contributed by atoms with van der Waals surface area (Å²) in [6.07, 6.45) is 4.26. The van der Waals surface area contributed by atoms with E-state index in [0.29, 0.717) is 17.7 Å². The van der Waals surface area contributed by atoms with E-state index >= 15 is 0 Å². The van der Waals surface area contributed by atoms with Crippen LogP contribution in [0.5, 0.6) is 0 Å². The fourth-order valence-corrected chi connectivity index (χ4v) is 4.59. The predicted octanol–water partition coefficient (Wildman–Crippen LogP) is 3.93. The van der Waals surface area contributed by atoms with Gasteiger partial charge in [0.1, 0.15) is 12.4 Å². The third-order valence-electron chi connectivity index (χ3n) is 6.31. The number of nitrogens with zero attached hydrogens (tertiary/aromatic N) is 5. The van der Waals surface area contributed by atoms with Gasteiger partial charge in [-0.2, -0.15) is 4.68 Å². The molecular formula is C27H20ClFN6O4. The Morgan fingerprint density at radius 1 is 1.08 bits per heavy atom. The highest BCUT2D eigenvalue weighted by molar-refractivity contribution is 6.31. The van der Waals surface area contributed by atoms with Crippen LogP contribution in [0.15, 0.2) is 73.1 Å². The number of benzene rings is 3. The molecule has 5 rings (SSSR count). The van der Waals surface area contributed by atoms with Crippen LogP contribution in [0.4, 0.5) is 10.1 Å². The van der Waals surface area contributed by atoms with E-state index < -0.39 is 29.6 Å². The summed E-state index contributed by atoms with van der Waals surface area (Å²) in [5.74, 6) is -2.84. The normalized spacial score (nSPS) is 14.7. The summed E-state index contributed by atoms with van der Waals surface area (Å²) in [7, 11) is 0. The number of amides is 2. The van der Waals surface area contributed by atoms with Crippen LogP contribution in [0, 0.1) is 5.82 Å². The van der Waals surface area contributed by atoms with E-state index in [2.05, 4.69) is 20.8 Å². The number of carboxylic acid groups (broad SMARTS) is 1. The highest BCUT2D eigenvalue weighted by Crippen LogP contribution is 2.32. The van der Waals surface area contributed by atoms with Gasteiger partial charge in [-0.25, -0.2) is 9.18 Å². The molecule has 0 fully saturated rings. The van der Waals surface area contributed by atoms with E-state index in [9.17, 15) is 18.8 Å². The molecule has 3 aromatic carbocycles. The number of fused-ring (bicyclic) bond motifs is 1. The van der Waals surface area contributed by atoms with E-state index in [-0.39, 0.29) is 28.4 Å². The molecule has 0 spiro atoms. The van der Waals surface area contributed by atoms with Crippen molar-refractivity contribution in [2.24, 2.45) is 0 Å². The zero-order valence-electron chi connectivity index (χ0n) is 20.2. The molecule has 0 radical (unpaired) electrons. The number of aromatic nitrogens is 4. The van der Waals surface area contributed by atoms with Gasteiger partial charge in [0.2, 0.25) is 5.91 Å². The smallest absolute Gasteiger partial charge is 0.335 e. The van der Waals surface area contributed by atoms with Crippen LogP contribution in [0.25, 0.3) is 11.8 Å². The predicted molar refractivity (Wildman–Crippen MR) is 140 cm³/mol. The molecule has 39 heavy (non-hydrogen) atoms. The number of rotatable bonds is 6. The second-order valence-corrected chi connectivity index (χ2v) is 9.04. The fourth-order valence-electron chi connectivity index (χ4n) is 4.43. The molecule has 0 saturated heterocycles. The van der Waals surface area contributed by atoms with E-state index in [1.54, 1.807) is 12.1 Å². The summed E-state index contributed by atoms with van der Waals surface area (Å²) in [5, 5.41) is 22.7. The molecule has 1 aliphatic rings.